The van der Waals surface area contributed by atoms with Gasteiger partial charge in [0.15, 0.2) is 11.8 Å². The highest BCUT2D eigenvalue weighted by atomic mass is 127. The molecule has 0 amide bonds. The highest BCUT2D eigenvalue weighted by Crippen LogP contribution is 1.99. The van der Waals surface area contributed by atoms with Crippen LogP contribution in [0.1, 0.15) is 44.3 Å². The van der Waals surface area contributed by atoms with Crippen LogP contribution in [0.5, 0.6) is 0 Å². The number of aliphatic imine (C=N–C) groups is 1. The normalized spacial score (nSPS) is 11.2. The van der Waals surface area contributed by atoms with Gasteiger partial charge in [0.05, 0.1) is 6.61 Å². The lowest BCUT2D eigenvalue weighted by Crippen LogP contribution is -2.39. The Morgan fingerprint density at radius 1 is 1.17 bits per heavy atom. The third-order valence-electron chi connectivity index (χ3n) is 3.48. The van der Waals surface area contributed by atoms with Crippen LogP contribution in [0.25, 0.3) is 0 Å². The molecular formula is C15H31IN6O. The number of nitrogens with one attached hydrogen (secondary N) is 2. The van der Waals surface area contributed by atoms with Crippen molar-refractivity contribution in [1.29, 1.82) is 0 Å². The van der Waals surface area contributed by atoms with Gasteiger partial charge in [-0.15, -0.1) is 34.2 Å². The van der Waals surface area contributed by atoms with Gasteiger partial charge in [-0.25, -0.2) is 4.99 Å². The van der Waals surface area contributed by atoms with Gasteiger partial charge in [0, 0.05) is 27.2 Å². The molecule has 8 heteroatoms. The number of rotatable bonds is 10. The Labute approximate surface area is 156 Å². The second kappa shape index (κ2) is 13.5. The van der Waals surface area contributed by atoms with Crippen molar-refractivity contribution in [3.8, 4) is 0 Å². The standard InChI is InChI=1S/C15H30N6O.HI/c1-5-6-7-8-9-16-15(17-10-11-22-4)18-12-14-20-19-13(2)21(14)3;/h5-12H2,1-4H3,(H2,16,17,18);1H. The monoisotopic (exact) mass is 438 g/mol. The van der Waals surface area contributed by atoms with E-state index in [-0.39, 0.29) is 24.0 Å². The Balaban J connectivity index is 0.00000484. The van der Waals surface area contributed by atoms with E-state index >= 15 is 0 Å². The summed E-state index contributed by atoms with van der Waals surface area (Å²) < 4.78 is 7.02. The first-order valence-electron chi connectivity index (χ1n) is 8.05. The van der Waals surface area contributed by atoms with Crippen molar-refractivity contribution in [2.45, 2.75) is 46.1 Å². The second-order valence-corrected chi connectivity index (χ2v) is 5.29. The largest absolute Gasteiger partial charge is 0.383 e. The van der Waals surface area contributed by atoms with Gasteiger partial charge < -0.3 is 19.9 Å². The van der Waals surface area contributed by atoms with Crippen molar-refractivity contribution >= 4 is 29.9 Å². The Morgan fingerprint density at radius 2 is 1.91 bits per heavy atom. The maximum absolute atomic E-state index is 5.06. The Bertz CT molecular complexity index is 449. The second-order valence-electron chi connectivity index (χ2n) is 5.29. The first-order valence-corrected chi connectivity index (χ1v) is 8.05. The number of nitrogens with zero attached hydrogens (tertiary/aromatic N) is 4. The lowest BCUT2D eigenvalue weighted by atomic mass is 10.2. The molecule has 0 aromatic carbocycles. The molecule has 1 heterocycles. The predicted molar refractivity (Wildman–Crippen MR) is 104 cm³/mol. The van der Waals surface area contributed by atoms with E-state index in [1.165, 1.54) is 19.3 Å². The quantitative estimate of drug-likeness (QED) is 0.253. The Morgan fingerprint density at radius 3 is 2.52 bits per heavy atom. The molecule has 0 saturated carbocycles. The third-order valence-corrected chi connectivity index (χ3v) is 3.48. The Hall–Kier alpha value is -0.900. The summed E-state index contributed by atoms with van der Waals surface area (Å²) >= 11 is 0. The van der Waals surface area contributed by atoms with E-state index in [9.17, 15) is 0 Å². The molecule has 2 N–H and O–H groups in total. The summed E-state index contributed by atoms with van der Waals surface area (Å²) in [5.41, 5.74) is 0. The molecule has 23 heavy (non-hydrogen) atoms. The lowest BCUT2D eigenvalue weighted by molar-refractivity contribution is 0.203. The number of aromatic nitrogens is 3. The average molecular weight is 438 g/mol. The van der Waals surface area contributed by atoms with E-state index in [1.807, 2.05) is 18.5 Å². The number of hydrogen-bond donors (Lipinski definition) is 2. The first-order chi connectivity index (χ1) is 10.7. The minimum Gasteiger partial charge on any atom is -0.383 e. The molecule has 1 rings (SSSR count). The summed E-state index contributed by atoms with van der Waals surface area (Å²) in [6.07, 6.45) is 4.93. The summed E-state index contributed by atoms with van der Waals surface area (Å²) in [6.45, 7) is 6.97. The van der Waals surface area contributed by atoms with Gasteiger partial charge in [-0.3, -0.25) is 0 Å². The molecule has 0 saturated heterocycles. The first kappa shape index (κ1) is 22.1. The van der Waals surface area contributed by atoms with E-state index in [0.29, 0.717) is 13.2 Å². The highest BCUT2D eigenvalue weighted by Gasteiger charge is 2.04. The van der Waals surface area contributed by atoms with E-state index in [2.05, 4.69) is 32.7 Å². The molecule has 0 spiro atoms. The smallest absolute Gasteiger partial charge is 0.191 e. The number of unbranched alkanes of at least 4 members (excludes halogenated alkanes) is 3. The van der Waals surface area contributed by atoms with Crippen molar-refractivity contribution in [2.24, 2.45) is 12.0 Å². The number of halogens is 1. The molecule has 1 aromatic heterocycles. The predicted octanol–water partition coefficient (Wildman–Crippen LogP) is 2.00. The number of methoxy groups -OCH3 is 1. The zero-order valence-corrected chi connectivity index (χ0v) is 17.1. The van der Waals surface area contributed by atoms with E-state index in [1.54, 1.807) is 7.11 Å². The fourth-order valence-corrected chi connectivity index (χ4v) is 1.94. The molecule has 0 aliphatic rings. The number of ether oxygens (including phenoxy) is 1. The molecule has 0 radical (unpaired) electrons. The topological polar surface area (TPSA) is 76.4 Å². The minimum absolute atomic E-state index is 0. The zero-order valence-electron chi connectivity index (χ0n) is 14.8. The summed E-state index contributed by atoms with van der Waals surface area (Å²) in [4.78, 5) is 4.57. The fourth-order valence-electron chi connectivity index (χ4n) is 1.94. The van der Waals surface area contributed by atoms with E-state index in [4.69, 9.17) is 4.74 Å². The van der Waals surface area contributed by atoms with Crippen LogP contribution in [-0.2, 0) is 18.3 Å². The van der Waals surface area contributed by atoms with Crippen LogP contribution in [0, 0.1) is 6.92 Å². The molecule has 0 atom stereocenters. The van der Waals surface area contributed by atoms with Crippen LogP contribution in [0.2, 0.25) is 0 Å². The number of aryl methyl sites for hydroxylation is 1. The van der Waals surface area contributed by atoms with Crippen molar-refractivity contribution in [3.05, 3.63) is 11.6 Å². The highest BCUT2D eigenvalue weighted by molar-refractivity contribution is 14.0. The van der Waals surface area contributed by atoms with E-state index < -0.39 is 0 Å². The SMILES string of the molecule is CCCCCCNC(=NCc1nnc(C)n1C)NCCOC.I. The molecule has 0 unspecified atom stereocenters. The van der Waals surface area contributed by atoms with Gasteiger partial charge in [-0.2, -0.15) is 0 Å². The third kappa shape index (κ3) is 9.09. The van der Waals surface area contributed by atoms with Gasteiger partial charge >= 0.3 is 0 Å². The van der Waals surface area contributed by atoms with Crippen LogP contribution in [0.15, 0.2) is 4.99 Å². The van der Waals surface area contributed by atoms with Gasteiger partial charge in [-0.1, -0.05) is 26.2 Å². The molecule has 0 aliphatic carbocycles. The summed E-state index contributed by atoms with van der Waals surface area (Å²) in [6, 6.07) is 0. The van der Waals surface area contributed by atoms with Crippen molar-refractivity contribution in [3.63, 3.8) is 0 Å². The van der Waals surface area contributed by atoms with E-state index in [0.717, 1.165) is 37.1 Å². The lowest BCUT2D eigenvalue weighted by Gasteiger charge is -2.12. The van der Waals surface area contributed by atoms with Gasteiger partial charge in [0.1, 0.15) is 12.4 Å². The van der Waals surface area contributed by atoms with Gasteiger partial charge in [0.2, 0.25) is 0 Å². The Kier molecular flexibility index (Phi) is 13.0. The van der Waals surface area contributed by atoms with Gasteiger partial charge in [-0.05, 0) is 13.3 Å². The molecule has 0 bridgehead atoms. The summed E-state index contributed by atoms with van der Waals surface area (Å²) in [5, 5.41) is 14.8. The average Bonchev–Trinajstić information content (AvgIpc) is 2.83. The maximum atomic E-state index is 5.06. The minimum atomic E-state index is 0. The summed E-state index contributed by atoms with van der Waals surface area (Å²) in [5.74, 6) is 2.55. The van der Waals surface area contributed by atoms with Crippen LogP contribution < -0.4 is 10.6 Å². The summed E-state index contributed by atoms with van der Waals surface area (Å²) in [7, 11) is 3.65. The number of guanidine groups is 1. The van der Waals surface area contributed by atoms with Crippen LogP contribution in [0.3, 0.4) is 0 Å². The van der Waals surface area contributed by atoms with Crippen molar-refractivity contribution < 1.29 is 4.74 Å². The van der Waals surface area contributed by atoms with Crippen molar-refractivity contribution in [2.75, 3.05) is 26.8 Å². The fraction of sp³-hybridized carbons (Fsp3) is 0.800. The molecular weight excluding hydrogens is 407 g/mol. The van der Waals surface area contributed by atoms with Crippen LogP contribution >= 0.6 is 24.0 Å². The zero-order chi connectivity index (χ0) is 16.2. The molecule has 0 fully saturated rings. The van der Waals surface area contributed by atoms with Gasteiger partial charge in [0.25, 0.3) is 0 Å². The molecule has 7 nitrogen and oxygen atoms in total. The van der Waals surface area contributed by atoms with Crippen LogP contribution in [0.4, 0.5) is 0 Å². The maximum Gasteiger partial charge on any atom is 0.191 e. The molecule has 134 valence electrons. The number of hydrogen-bond acceptors (Lipinski definition) is 4. The molecule has 0 aliphatic heterocycles. The van der Waals surface area contributed by atoms with Crippen LogP contribution in [-0.4, -0.2) is 47.5 Å². The molecule has 1 aromatic rings. The van der Waals surface area contributed by atoms with Crippen molar-refractivity contribution in [1.82, 2.24) is 25.4 Å².